The second kappa shape index (κ2) is 6.30. The van der Waals surface area contributed by atoms with Crippen molar-refractivity contribution in [2.75, 3.05) is 12.4 Å². The summed E-state index contributed by atoms with van der Waals surface area (Å²) in [5, 5.41) is 3.38. The van der Waals surface area contributed by atoms with E-state index in [-0.39, 0.29) is 5.91 Å². The molecule has 1 heterocycles. The van der Waals surface area contributed by atoms with Crippen molar-refractivity contribution in [2.45, 2.75) is 31.1 Å². The summed E-state index contributed by atoms with van der Waals surface area (Å²) in [7, 11) is 1.58. The number of benzene rings is 2. The lowest BCUT2D eigenvalue weighted by molar-refractivity contribution is -0.117. The molecule has 1 N–H and O–H groups in total. The number of carbonyl (C=O) groups excluding carboxylic acids is 1. The number of nitrogens with one attached hydrogen (secondary N) is 1. The lowest BCUT2D eigenvalue weighted by Crippen LogP contribution is -2.30. The molecule has 0 fully saturated rings. The molecule has 1 aliphatic heterocycles. The summed E-state index contributed by atoms with van der Waals surface area (Å²) >= 11 is 13.0. The Morgan fingerprint density at radius 2 is 1.96 bits per heavy atom. The van der Waals surface area contributed by atoms with Crippen molar-refractivity contribution in [1.82, 2.24) is 0 Å². The third-order valence-corrected chi connectivity index (χ3v) is 5.50. The summed E-state index contributed by atoms with van der Waals surface area (Å²) in [6.07, 6.45) is 0.996. The topological polar surface area (TPSA) is 38.3 Å². The van der Waals surface area contributed by atoms with E-state index in [1.54, 1.807) is 25.3 Å². The molecule has 2 unspecified atom stereocenters. The number of fused-ring (bicyclic) bond motifs is 1. The van der Waals surface area contributed by atoms with Crippen molar-refractivity contribution < 1.29 is 9.53 Å². The largest absolute Gasteiger partial charge is 0.496 e. The minimum atomic E-state index is -1.35. The Labute approximate surface area is 151 Å². The molecule has 5 heteroatoms. The van der Waals surface area contributed by atoms with E-state index in [4.69, 9.17) is 27.9 Å². The second-order valence-electron chi connectivity index (χ2n) is 6.07. The zero-order valence-corrected chi connectivity index (χ0v) is 15.3. The van der Waals surface area contributed by atoms with Gasteiger partial charge in [0, 0.05) is 21.8 Å². The van der Waals surface area contributed by atoms with Crippen LogP contribution in [0, 0.1) is 0 Å². The van der Waals surface area contributed by atoms with Crippen LogP contribution in [0.25, 0.3) is 0 Å². The van der Waals surface area contributed by atoms with Gasteiger partial charge in [-0.1, -0.05) is 43.1 Å². The van der Waals surface area contributed by atoms with Crippen LogP contribution in [-0.2, 0) is 9.67 Å². The summed E-state index contributed by atoms with van der Waals surface area (Å²) in [4.78, 5) is 11.4. The van der Waals surface area contributed by atoms with E-state index >= 15 is 0 Å². The smallest absolute Gasteiger partial charge is 0.254 e. The maximum absolute atomic E-state index is 12.7. The molecule has 126 valence electrons. The number of alkyl halides is 1. The summed E-state index contributed by atoms with van der Waals surface area (Å²) in [5.74, 6) is 0.652. The van der Waals surface area contributed by atoms with Gasteiger partial charge in [-0.15, -0.1) is 0 Å². The standard InChI is InChI=1S/C19H19Cl2NO2/c1-4-11(2)12-5-8-17(24-3)15(9-12)19(21)14-10-13(20)6-7-16(14)22-18(19)23/h5-11H,4H2,1-3H3,(H,22,23). The van der Waals surface area contributed by atoms with E-state index < -0.39 is 4.87 Å². The van der Waals surface area contributed by atoms with Gasteiger partial charge in [0.2, 0.25) is 0 Å². The lowest BCUT2D eigenvalue weighted by Gasteiger charge is -2.24. The molecule has 0 radical (unpaired) electrons. The number of hydrogen-bond acceptors (Lipinski definition) is 2. The average Bonchev–Trinajstić information content (AvgIpc) is 2.85. The summed E-state index contributed by atoms with van der Waals surface area (Å²) in [6, 6.07) is 11.1. The highest BCUT2D eigenvalue weighted by molar-refractivity contribution is 6.42. The van der Waals surface area contributed by atoms with Crippen LogP contribution >= 0.6 is 23.2 Å². The predicted octanol–water partition coefficient (Wildman–Crippen LogP) is 5.30. The van der Waals surface area contributed by atoms with Gasteiger partial charge < -0.3 is 10.1 Å². The molecule has 2 atom stereocenters. The molecular formula is C19H19Cl2NO2. The van der Waals surface area contributed by atoms with Gasteiger partial charge in [-0.3, -0.25) is 4.79 Å². The van der Waals surface area contributed by atoms with Crippen molar-refractivity contribution in [3.8, 4) is 5.75 Å². The number of ether oxygens (including phenoxy) is 1. The summed E-state index contributed by atoms with van der Waals surface area (Å²) < 4.78 is 5.49. The lowest BCUT2D eigenvalue weighted by atomic mass is 9.87. The van der Waals surface area contributed by atoms with E-state index in [0.717, 1.165) is 12.0 Å². The van der Waals surface area contributed by atoms with Crippen molar-refractivity contribution in [2.24, 2.45) is 0 Å². The highest BCUT2D eigenvalue weighted by Crippen LogP contribution is 2.50. The first-order chi connectivity index (χ1) is 11.4. The van der Waals surface area contributed by atoms with Gasteiger partial charge in [0.15, 0.2) is 4.87 Å². The first-order valence-corrected chi connectivity index (χ1v) is 8.66. The molecule has 0 spiro atoms. The van der Waals surface area contributed by atoms with Crippen molar-refractivity contribution in [3.05, 3.63) is 58.1 Å². The minimum absolute atomic E-state index is 0.291. The van der Waals surface area contributed by atoms with Gasteiger partial charge in [-0.05, 0) is 48.2 Å². The maximum Gasteiger partial charge on any atom is 0.254 e. The van der Waals surface area contributed by atoms with E-state index in [1.165, 1.54) is 0 Å². The number of amides is 1. The Balaban J connectivity index is 2.24. The predicted molar refractivity (Wildman–Crippen MR) is 98.4 cm³/mol. The molecule has 24 heavy (non-hydrogen) atoms. The Morgan fingerprint density at radius 1 is 1.21 bits per heavy atom. The van der Waals surface area contributed by atoms with Gasteiger partial charge >= 0.3 is 0 Å². The summed E-state index contributed by atoms with van der Waals surface area (Å²) in [6.45, 7) is 4.27. The van der Waals surface area contributed by atoms with Gasteiger partial charge in [-0.2, -0.15) is 0 Å². The second-order valence-corrected chi connectivity index (χ2v) is 7.07. The van der Waals surface area contributed by atoms with Crippen LogP contribution in [0.15, 0.2) is 36.4 Å². The highest BCUT2D eigenvalue weighted by atomic mass is 35.5. The fourth-order valence-corrected chi connectivity index (χ4v) is 3.57. The van der Waals surface area contributed by atoms with Crippen LogP contribution in [0.1, 0.15) is 42.9 Å². The van der Waals surface area contributed by atoms with Crippen molar-refractivity contribution >= 4 is 34.8 Å². The molecule has 0 saturated heterocycles. The molecule has 0 aromatic heterocycles. The fourth-order valence-electron chi connectivity index (χ4n) is 3.05. The van der Waals surface area contributed by atoms with Crippen molar-refractivity contribution in [1.29, 1.82) is 0 Å². The van der Waals surface area contributed by atoms with E-state index in [1.807, 2.05) is 18.2 Å². The molecule has 3 rings (SSSR count). The van der Waals surface area contributed by atoms with Crippen LogP contribution in [0.4, 0.5) is 5.69 Å². The Hall–Kier alpha value is -1.71. The average molecular weight is 364 g/mol. The first kappa shape index (κ1) is 17.1. The molecule has 0 bridgehead atoms. The Kier molecular flexibility index (Phi) is 4.50. The van der Waals surface area contributed by atoms with Crippen LogP contribution in [0.2, 0.25) is 5.02 Å². The molecule has 2 aromatic rings. The summed E-state index contributed by atoms with van der Waals surface area (Å²) in [5.41, 5.74) is 3.09. The maximum atomic E-state index is 12.7. The van der Waals surface area contributed by atoms with Crippen LogP contribution < -0.4 is 10.1 Å². The third-order valence-electron chi connectivity index (χ3n) is 4.69. The number of rotatable bonds is 4. The number of halogens is 2. The van der Waals surface area contributed by atoms with E-state index in [2.05, 4.69) is 19.2 Å². The van der Waals surface area contributed by atoms with Gasteiger partial charge in [0.1, 0.15) is 5.75 Å². The normalized spacial score (nSPS) is 20.5. The molecule has 2 aromatic carbocycles. The fraction of sp³-hybridized carbons (Fsp3) is 0.316. The van der Waals surface area contributed by atoms with Crippen molar-refractivity contribution in [3.63, 3.8) is 0 Å². The molecular weight excluding hydrogens is 345 g/mol. The third kappa shape index (κ3) is 2.56. The van der Waals surface area contributed by atoms with Gasteiger partial charge in [0.25, 0.3) is 5.91 Å². The number of anilines is 1. The van der Waals surface area contributed by atoms with Gasteiger partial charge in [-0.25, -0.2) is 0 Å². The number of carbonyl (C=O) groups is 1. The number of methoxy groups -OCH3 is 1. The van der Waals surface area contributed by atoms with Crippen LogP contribution in [-0.4, -0.2) is 13.0 Å². The monoisotopic (exact) mass is 363 g/mol. The van der Waals surface area contributed by atoms with Gasteiger partial charge in [0.05, 0.1) is 7.11 Å². The Morgan fingerprint density at radius 3 is 2.62 bits per heavy atom. The minimum Gasteiger partial charge on any atom is -0.496 e. The van der Waals surface area contributed by atoms with E-state index in [9.17, 15) is 4.79 Å². The van der Waals surface area contributed by atoms with E-state index in [0.29, 0.717) is 33.5 Å². The molecule has 0 saturated carbocycles. The molecule has 3 nitrogen and oxygen atoms in total. The highest BCUT2D eigenvalue weighted by Gasteiger charge is 2.48. The molecule has 1 amide bonds. The molecule has 1 aliphatic rings. The zero-order chi connectivity index (χ0) is 17.5. The molecule has 0 aliphatic carbocycles. The van der Waals surface area contributed by atoms with Crippen LogP contribution in [0.5, 0.6) is 5.75 Å². The SMILES string of the molecule is CCC(C)c1ccc(OC)c(C2(Cl)C(=O)Nc3ccc(Cl)cc32)c1. The quantitative estimate of drug-likeness (QED) is 0.748. The Bertz CT molecular complexity index is 806. The first-order valence-electron chi connectivity index (χ1n) is 7.90. The number of hydrogen-bond donors (Lipinski definition) is 1. The zero-order valence-electron chi connectivity index (χ0n) is 13.8. The van der Waals surface area contributed by atoms with Crippen LogP contribution in [0.3, 0.4) is 0 Å².